The predicted molar refractivity (Wildman–Crippen MR) is 118 cm³/mol. The van der Waals surface area contributed by atoms with Crippen molar-refractivity contribution in [2.24, 2.45) is 0 Å². The van der Waals surface area contributed by atoms with Gasteiger partial charge in [-0.25, -0.2) is 4.79 Å². The Morgan fingerprint density at radius 3 is 2.69 bits per heavy atom. The average molecular weight is 458 g/mol. The van der Waals surface area contributed by atoms with Crippen molar-refractivity contribution in [1.29, 1.82) is 0 Å². The van der Waals surface area contributed by atoms with E-state index in [0.29, 0.717) is 35.3 Å². The van der Waals surface area contributed by atoms with Gasteiger partial charge in [0.2, 0.25) is 5.91 Å². The number of benzene rings is 2. The van der Waals surface area contributed by atoms with Gasteiger partial charge in [0.15, 0.2) is 11.5 Å². The van der Waals surface area contributed by atoms with Gasteiger partial charge in [0.05, 0.1) is 19.3 Å². The number of halogens is 1. The van der Waals surface area contributed by atoms with Crippen LogP contribution in [-0.4, -0.2) is 42.5 Å². The molecule has 0 radical (unpaired) electrons. The first-order valence-corrected chi connectivity index (χ1v) is 10.7. The van der Waals surface area contributed by atoms with E-state index in [2.05, 4.69) is 10.6 Å². The molecule has 4 amide bonds. The highest BCUT2D eigenvalue weighted by Gasteiger charge is 2.49. The van der Waals surface area contributed by atoms with Crippen LogP contribution in [0.1, 0.15) is 37.4 Å². The number of imide groups is 1. The van der Waals surface area contributed by atoms with Crippen molar-refractivity contribution in [3.05, 3.63) is 58.6 Å². The van der Waals surface area contributed by atoms with E-state index in [1.807, 2.05) is 6.07 Å². The number of carbonyl (C=O) groups is 3. The number of urea groups is 1. The molecule has 2 atom stereocenters. The standard InChI is InChI=1S/C23H24ClN3O5/c1-14(15-5-3-6-17(24)11-15)25-20(28)13-27-21(29)23(2,26-22(27)30)16-7-8-18-19(12-16)32-10-4-9-31-18/h3,5-8,11-12,14H,4,9-10,13H2,1-2H3,(H,25,28)(H,26,30)/t14-,23+/m0/s1. The normalized spacial score (nSPS) is 21.0. The zero-order valence-corrected chi connectivity index (χ0v) is 18.6. The van der Waals surface area contributed by atoms with E-state index in [0.717, 1.165) is 16.9 Å². The molecule has 2 heterocycles. The van der Waals surface area contributed by atoms with Gasteiger partial charge < -0.3 is 20.1 Å². The fourth-order valence-corrected chi connectivity index (χ4v) is 4.00. The van der Waals surface area contributed by atoms with Crippen molar-refractivity contribution >= 4 is 29.4 Å². The van der Waals surface area contributed by atoms with Crippen molar-refractivity contribution in [3.63, 3.8) is 0 Å². The smallest absolute Gasteiger partial charge is 0.325 e. The molecule has 0 aromatic heterocycles. The Bertz CT molecular complexity index is 1080. The van der Waals surface area contributed by atoms with Crippen LogP contribution in [0.15, 0.2) is 42.5 Å². The predicted octanol–water partition coefficient (Wildman–Crippen LogP) is 3.15. The fourth-order valence-electron chi connectivity index (χ4n) is 3.80. The van der Waals surface area contributed by atoms with Crippen molar-refractivity contribution in [2.45, 2.75) is 31.8 Å². The summed E-state index contributed by atoms with van der Waals surface area (Å²) in [6, 6.07) is 11.3. The van der Waals surface area contributed by atoms with Crippen LogP contribution in [0.3, 0.4) is 0 Å². The number of hydrogen-bond acceptors (Lipinski definition) is 5. The van der Waals surface area contributed by atoms with Crippen LogP contribution in [0, 0.1) is 0 Å². The van der Waals surface area contributed by atoms with E-state index >= 15 is 0 Å². The van der Waals surface area contributed by atoms with E-state index in [-0.39, 0.29) is 6.04 Å². The summed E-state index contributed by atoms with van der Waals surface area (Å²) in [6.45, 7) is 4.08. The minimum atomic E-state index is -1.32. The highest BCUT2D eigenvalue weighted by molar-refractivity contribution is 6.30. The molecule has 2 N–H and O–H groups in total. The average Bonchev–Trinajstić information content (AvgIpc) is 2.93. The van der Waals surface area contributed by atoms with E-state index in [1.165, 1.54) is 0 Å². The molecule has 2 aromatic carbocycles. The lowest BCUT2D eigenvalue weighted by atomic mass is 9.91. The van der Waals surface area contributed by atoms with Crippen molar-refractivity contribution in [3.8, 4) is 11.5 Å². The van der Waals surface area contributed by atoms with Gasteiger partial charge in [0.25, 0.3) is 5.91 Å². The zero-order valence-electron chi connectivity index (χ0n) is 17.8. The number of nitrogens with one attached hydrogen (secondary N) is 2. The molecule has 1 fully saturated rings. The number of fused-ring (bicyclic) bond motifs is 1. The summed E-state index contributed by atoms with van der Waals surface area (Å²) in [4.78, 5) is 39.3. The lowest BCUT2D eigenvalue weighted by molar-refractivity contribution is -0.135. The van der Waals surface area contributed by atoms with Gasteiger partial charge in [-0.15, -0.1) is 0 Å². The molecular weight excluding hydrogens is 434 g/mol. The number of hydrogen-bond donors (Lipinski definition) is 2. The molecular formula is C23H24ClN3O5. The van der Waals surface area contributed by atoms with Crippen LogP contribution in [0.2, 0.25) is 5.02 Å². The van der Waals surface area contributed by atoms with Gasteiger partial charge in [-0.05, 0) is 49.2 Å². The van der Waals surface area contributed by atoms with Crippen LogP contribution in [-0.2, 0) is 15.1 Å². The third kappa shape index (κ3) is 4.23. The summed E-state index contributed by atoms with van der Waals surface area (Å²) in [5, 5.41) is 6.07. The Balaban J connectivity index is 1.47. The summed E-state index contributed by atoms with van der Waals surface area (Å²) in [6.07, 6.45) is 0.757. The Hall–Kier alpha value is -3.26. The molecule has 0 aliphatic carbocycles. The number of amides is 4. The number of nitrogens with zero attached hydrogens (tertiary/aromatic N) is 1. The summed E-state index contributed by atoms with van der Waals surface area (Å²) in [5.74, 6) is 0.152. The second-order valence-electron chi connectivity index (χ2n) is 8.00. The molecule has 0 bridgehead atoms. The highest BCUT2D eigenvalue weighted by atomic mass is 35.5. The van der Waals surface area contributed by atoms with Gasteiger partial charge >= 0.3 is 6.03 Å². The summed E-state index contributed by atoms with van der Waals surface area (Å²) >= 11 is 6.01. The van der Waals surface area contributed by atoms with Crippen LogP contribution in [0.4, 0.5) is 4.79 Å². The van der Waals surface area contributed by atoms with Gasteiger partial charge in [-0.3, -0.25) is 14.5 Å². The Morgan fingerprint density at radius 2 is 1.94 bits per heavy atom. The first-order chi connectivity index (χ1) is 15.3. The molecule has 1 saturated heterocycles. The lowest BCUT2D eigenvalue weighted by Gasteiger charge is -2.23. The molecule has 0 spiro atoms. The SMILES string of the molecule is C[C@H](NC(=O)CN1C(=O)N[C@](C)(c2ccc3c(c2)OCCCO3)C1=O)c1cccc(Cl)c1. The number of carbonyl (C=O) groups excluding carboxylic acids is 3. The lowest BCUT2D eigenvalue weighted by Crippen LogP contribution is -2.43. The van der Waals surface area contributed by atoms with Gasteiger partial charge in [-0.1, -0.05) is 29.8 Å². The first kappa shape index (κ1) is 22.0. The topological polar surface area (TPSA) is 97.0 Å². The summed E-state index contributed by atoms with van der Waals surface area (Å²) in [5.41, 5.74) is 0.0519. The van der Waals surface area contributed by atoms with Gasteiger partial charge in [0.1, 0.15) is 12.1 Å². The second kappa shape index (κ2) is 8.70. The third-order valence-electron chi connectivity index (χ3n) is 5.63. The van der Waals surface area contributed by atoms with Gasteiger partial charge in [-0.2, -0.15) is 0 Å². The number of ether oxygens (including phenoxy) is 2. The van der Waals surface area contributed by atoms with E-state index < -0.39 is 29.9 Å². The Labute approximate surface area is 190 Å². The Morgan fingerprint density at radius 1 is 1.19 bits per heavy atom. The number of rotatable bonds is 5. The second-order valence-corrected chi connectivity index (χ2v) is 8.44. The fraction of sp³-hybridized carbons (Fsp3) is 0.348. The van der Waals surface area contributed by atoms with Crippen LogP contribution in [0.5, 0.6) is 11.5 Å². The molecule has 2 aliphatic heterocycles. The van der Waals surface area contributed by atoms with E-state index in [4.69, 9.17) is 21.1 Å². The maximum atomic E-state index is 13.2. The molecule has 2 aliphatic rings. The first-order valence-electron chi connectivity index (χ1n) is 10.4. The van der Waals surface area contributed by atoms with Crippen LogP contribution >= 0.6 is 11.6 Å². The molecule has 168 valence electrons. The highest BCUT2D eigenvalue weighted by Crippen LogP contribution is 2.36. The third-order valence-corrected chi connectivity index (χ3v) is 5.86. The molecule has 0 unspecified atom stereocenters. The van der Waals surface area contributed by atoms with E-state index in [1.54, 1.807) is 50.2 Å². The van der Waals surface area contributed by atoms with Crippen molar-refractivity contribution < 1.29 is 23.9 Å². The zero-order chi connectivity index (χ0) is 22.9. The molecule has 0 saturated carbocycles. The largest absolute Gasteiger partial charge is 0.490 e. The Kier molecular flexibility index (Phi) is 5.97. The maximum absolute atomic E-state index is 13.2. The molecule has 2 aromatic rings. The molecule has 32 heavy (non-hydrogen) atoms. The molecule has 9 heteroatoms. The van der Waals surface area contributed by atoms with Crippen LogP contribution < -0.4 is 20.1 Å². The quantitative estimate of drug-likeness (QED) is 0.672. The van der Waals surface area contributed by atoms with Gasteiger partial charge in [0, 0.05) is 11.4 Å². The summed E-state index contributed by atoms with van der Waals surface area (Å²) in [7, 11) is 0. The van der Waals surface area contributed by atoms with Crippen molar-refractivity contribution in [2.75, 3.05) is 19.8 Å². The van der Waals surface area contributed by atoms with Crippen molar-refractivity contribution in [1.82, 2.24) is 15.5 Å². The monoisotopic (exact) mass is 457 g/mol. The molecule has 8 nitrogen and oxygen atoms in total. The minimum Gasteiger partial charge on any atom is -0.490 e. The van der Waals surface area contributed by atoms with Crippen LogP contribution in [0.25, 0.3) is 0 Å². The summed E-state index contributed by atoms with van der Waals surface area (Å²) < 4.78 is 11.3. The maximum Gasteiger partial charge on any atom is 0.325 e. The molecule has 4 rings (SSSR count). The minimum absolute atomic E-state index is 0.338. The van der Waals surface area contributed by atoms with E-state index in [9.17, 15) is 14.4 Å².